The molecule has 0 aliphatic heterocycles. The van der Waals surface area contributed by atoms with Crippen LogP contribution in [0, 0.1) is 11.6 Å². The van der Waals surface area contributed by atoms with E-state index in [1.807, 2.05) is 6.92 Å². The quantitative estimate of drug-likeness (QED) is 0.404. The average Bonchev–Trinajstić information content (AvgIpc) is 3.17. The van der Waals surface area contributed by atoms with Crippen LogP contribution in [0.3, 0.4) is 0 Å². The van der Waals surface area contributed by atoms with Gasteiger partial charge < -0.3 is 9.72 Å². The minimum Gasteiger partial charge on any atom is -0.465 e. The number of pyridine rings is 2. The Hall–Kier alpha value is -3.32. The molecule has 1 N–H and O–H groups in total. The summed E-state index contributed by atoms with van der Waals surface area (Å²) in [5.41, 5.74) is 2.39. The van der Waals surface area contributed by atoms with E-state index in [4.69, 9.17) is 16.3 Å². The van der Waals surface area contributed by atoms with Gasteiger partial charge in [0.25, 0.3) is 0 Å². The molecule has 0 saturated heterocycles. The van der Waals surface area contributed by atoms with E-state index < -0.39 is 11.8 Å². The standard InChI is InChI=1S/C23H18ClF2N3O2/c1-12(13-3-5-15(25)6-4-13)7-20-17(23(30)31-2)9-19(26)21(29-20)18-11-28-22-16(18)8-14(24)10-27-22/h3-6,8-12H,7H2,1-2H3,(H,27,28)/t12-/m1/s1. The molecule has 4 aromatic rings. The van der Waals surface area contributed by atoms with E-state index >= 15 is 4.39 Å². The predicted molar refractivity (Wildman–Crippen MR) is 114 cm³/mol. The average molecular weight is 442 g/mol. The van der Waals surface area contributed by atoms with Crippen LogP contribution < -0.4 is 0 Å². The lowest BCUT2D eigenvalue weighted by Gasteiger charge is -2.15. The normalized spacial score (nSPS) is 12.2. The fraction of sp³-hybridized carbons (Fsp3) is 0.174. The molecule has 0 unspecified atom stereocenters. The van der Waals surface area contributed by atoms with E-state index in [-0.39, 0.29) is 23.0 Å². The van der Waals surface area contributed by atoms with E-state index in [0.29, 0.717) is 33.7 Å². The first-order valence-corrected chi connectivity index (χ1v) is 9.91. The summed E-state index contributed by atoms with van der Waals surface area (Å²) in [6.45, 7) is 1.92. The Morgan fingerprint density at radius 1 is 1.23 bits per heavy atom. The Bertz CT molecular complexity index is 1270. The summed E-state index contributed by atoms with van der Waals surface area (Å²) in [5.74, 6) is -1.78. The number of H-pyrrole nitrogens is 1. The summed E-state index contributed by atoms with van der Waals surface area (Å²) < 4.78 is 33.1. The minimum atomic E-state index is -0.678. The number of methoxy groups -OCH3 is 1. The lowest BCUT2D eigenvalue weighted by Crippen LogP contribution is -2.12. The first-order chi connectivity index (χ1) is 14.9. The van der Waals surface area contributed by atoms with Crippen LogP contribution in [0.1, 0.15) is 34.5 Å². The minimum absolute atomic E-state index is 0.0497. The monoisotopic (exact) mass is 441 g/mol. The lowest BCUT2D eigenvalue weighted by atomic mass is 9.93. The Morgan fingerprint density at radius 3 is 2.68 bits per heavy atom. The highest BCUT2D eigenvalue weighted by Gasteiger charge is 2.22. The molecular weight excluding hydrogens is 424 g/mol. The summed E-state index contributed by atoms with van der Waals surface area (Å²) in [7, 11) is 1.23. The van der Waals surface area contributed by atoms with Gasteiger partial charge in [-0.05, 0) is 42.2 Å². The van der Waals surface area contributed by atoms with Crippen molar-refractivity contribution in [1.29, 1.82) is 0 Å². The number of fused-ring (bicyclic) bond motifs is 1. The van der Waals surface area contributed by atoms with Crippen LogP contribution in [0.15, 0.2) is 48.8 Å². The number of ether oxygens (including phenoxy) is 1. The number of hydrogen-bond donors (Lipinski definition) is 1. The third-order valence-electron chi connectivity index (χ3n) is 5.15. The van der Waals surface area contributed by atoms with Crippen LogP contribution in [0.2, 0.25) is 5.02 Å². The highest BCUT2D eigenvalue weighted by atomic mass is 35.5. The Kier molecular flexibility index (Phi) is 5.69. The van der Waals surface area contributed by atoms with Crippen molar-refractivity contribution in [3.63, 3.8) is 0 Å². The Balaban J connectivity index is 1.81. The van der Waals surface area contributed by atoms with E-state index in [1.165, 1.54) is 25.4 Å². The van der Waals surface area contributed by atoms with Gasteiger partial charge in [0.15, 0.2) is 0 Å². The molecule has 5 nitrogen and oxygen atoms in total. The number of rotatable bonds is 5. The molecule has 0 radical (unpaired) electrons. The summed E-state index contributed by atoms with van der Waals surface area (Å²) in [6, 6.07) is 8.91. The molecule has 0 aliphatic rings. The van der Waals surface area contributed by atoms with Crippen LogP contribution in [0.25, 0.3) is 22.3 Å². The molecule has 1 atom stereocenters. The molecule has 4 rings (SSSR count). The molecule has 0 fully saturated rings. The molecule has 0 spiro atoms. The smallest absolute Gasteiger partial charge is 0.339 e. The van der Waals surface area contributed by atoms with Gasteiger partial charge in [-0.3, -0.25) is 0 Å². The molecule has 8 heteroatoms. The maximum atomic E-state index is 15.0. The highest BCUT2D eigenvalue weighted by molar-refractivity contribution is 6.31. The number of benzene rings is 1. The fourth-order valence-electron chi connectivity index (χ4n) is 3.53. The molecule has 3 aromatic heterocycles. The van der Waals surface area contributed by atoms with Gasteiger partial charge in [-0.2, -0.15) is 0 Å². The number of nitrogens with zero attached hydrogens (tertiary/aromatic N) is 2. The second-order valence-electron chi connectivity index (χ2n) is 7.21. The topological polar surface area (TPSA) is 67.9 Å². The zero-order valence-electron chi connectivity index (χ0n) is 16.7. The molecule has 31 heavy (non-hydrogen) atoms. The van der Waals surface area contributed by atoms with E-state index in [1.54, 1.807) is 24.4 Å². The summed E-state index contributed by atoms with van der Waals surface area (Å²) in [4.78, 5) is 24.0. The van der Waals surface area contributed by atoms with E-state index in [0.717, 1.165) is 11.6 Å². The number of esters is 1. The number of aromatic amines is 1. The van der Waals surface area contributed by atoms with Crippen molar-refractivity contribution in [3.05, 3.63) is 82.3 Å². The molecule has 0 aliphatic carbocycles. The third-order valence-corrected chi connectivity index (χ3v) is 5.36. The van der Waals surface area contributed by atoms with Crippen LogP contribution >= 0.6 is 11.6 Å². The van der Waals surface area contributed by atoms with Crippen LogP contribution in [0.5, 0.6) is 0 Å². The number of carbonyl (C=O) groups excluding carboxylic acids is 1. The van der Waals surface area contributed by atoms with Crippen molar-refractivity contribution >= 4 is 28.6 Å². The second-order valence-corrected chi connectivity index (χ2v) is 7.65. The maximum absolute atomic E-state index is 15.0. The van der Waals surface area contributed by atoms with E-state index in [9.17, 15) is 9.18 Å². The van der Waals surface area contributed by atoms with Crippen molar-refractivity contribution in [2.45, 2.75) is 19.3 Å². The first-order valence-electron chi connectivity index (χ1n) is 9.53. The van der Waals surface area contributed by atoms with E-state index in [2.05, 4.69) is 15.0 Å². The first kappa shape index (κ1) is 20.9. The number of aromatic nitrogens is 3. The van der Waals surface area contributed by atoms with Gasteiger partial charge in [0.2, 0.25) is 0 Å². The summed E-state index contributed by atoms with van der Waals surface area (Å²) >= 11 is 6.06. The Labute approximate surface area is 182 Å². The van der Waals surface area contributed by atoms with Gasteiger partial charge in [-0.25, -0.2) is 23.5 Å². The fourth-order valence-corrected chi connectivity index (χ4v) is 3.69. The Morgan fingerprint density at radius 2 is 1.97 bits per heavy atom. The second kappa shape index (κ2) is 8.43. The molecule has 1 aromatic carbocycles. The number of nitrogens with one attached hydrogen (secondary N) is 1. The van der Waals surface area contributed by atoms with Gasteiger partial charge in [0.1, 0.15) is 23.0 Å². The van der Waals surface area contributed by atoms with Gasteiger partial charge in [-0.15, -0.1) is 0 Å². The largest absolute Gasteiger partial charge is 0.465 e. The molecule has 0 saturated carbocycles. The van der Waals surface area contributed by atoms with Crippen molar-refractivity contribution in [2.24, 2.45) is 0 Å². The van der Waals surface area contributed by atoms with Crippen LogP contribution in [-0.2, 0) is 11.2 Å². The summed E-state index contributed by atoms with van der Waals surface area (Å²) in [6.07, 6.45) is 3.42. The third kappa shape index (κ3) is 4.14. The maximum Gasteiger partial charge on any atom is 0.339 e. The highest BCUT2D eigenvalue weighted by Crippen LogP contribution is 2.32. The molecule has 0 amide bonds. The molecule has 0 bridgehead atoms. The number of halogens is 3. The number of hydrogen-bond acceptors (Lipinski definition) is 4. The molecular formula is C23H18ClF2N3O2. The van der Waals surface area contributed by atoms with Gasteiger partial charge in [-0.1, -0.05) is 30.7 Å². The zero-order chi connectivity index (χ0) is 22.1. The molecule has 3 heterocycles. The lowest BCUT2D eigenvalue weighted by molar-refractivity contribution is 0.0598. The predicted octanol–water partition coefficient (Wildman–Crippen LogP) is 5.69. The number of carbonyl (C=O) groups is 1. The van der Waals surface area contributed by atoms with Crippen molar-refractivity contribution < 1.29 is 18.3 Å². The van der Waals surface area contributed by atoms with Gasteiger partial charge >= 0.3 is 5.97 Å². The van der Waals surface area contributed by atoms with Crippen molar-refractivity contribution in [3.8, 4) is 11.3 Å². The van der Waals surface area contributed by atoms with Crippen LogP contribution in [0.4, 0.5) is 8.78 Å². The van der Waals surface area contributed by atoms with Crippen LogP contribution in [-0.4, -0.2) is 28.0 Å². The van der Waals surface area contributed by atoms with Crippen molar-refractivity contribution in [2.75, 3.05) is 7.11 Å². The van der Waals surface area contributed by atoms with Gasteiger partial charge in [0, 0.05) is 23.3 Å². The zero-order valence-corrected chi connectivity index (χ0v) is 17.5. The SMILES string of the molecule is COC(=O)c1cc(F)c(-c2c[nH]c3ncc(Cl)cc23)nc1C[C@@H](C)c1ccc(F)cc1. The summed E-state index contributed by atoms with van der Waals surface area (Å²) in [5, 5.41) is 1.02. The van der Waals surface area contributed by atoms with Crippen molar-refractivity contribution in [1.82, 2.24) is 15.0 Å². The van der Waals surface area contributed by atoms with Gasteiger partial charge in [0.05, 0.1) is 23.4 Å². The molecule has 158 valence electrons.